The molecule has 0 saturated carbocycles. The lowest BCUT2D eigenvalue weighted by molar-refractivity contribution is -0.384. The number of anilines is 2. The summed E-state index contributed by atoms with van der Waals surface area (Å²) >= 11 is 0. The molecule has 154 valence electrons. The van der Waals surface area contributed by atoms with Gasteiger partial charge in [-0.2, -0.15) is 0 Å². The summed E-state index contributed by atoms with van der Waals surface area (Å²) in [6, 6.07) is 11.4. The molecule has 8 nitrogen and oxygen atoms in total. The summed E-state index contributed by atoms with van der Waals surface area (Å²) in [6.07, 6.45) is 2.04. The van der Waals surface area contributed by atoms with Gasteiger partial charge in [0.15, 0.2) is 0 Å². The predicted octanol–water partition coefficient (Wildman–Crippen LogP) is 3.86. The largest absolute Gasteiger partial charge is 0.494 e. The summed E-state index contributed by atoms with van der Waals surface area (Å²) in [5, 5.41) is 14.1. The van der Waals surface area contributed by atoms with Gasteiger partial charge >= 0.3 is 0 Å². The van der Waals surface area contributed by atoms with Crippen molar-refractivity contribution in [2.75, 3.05) is 43.1 Å². The molecule has 1 N–H and O–H groups in total. The number of morpholine rings is 1. The monoisotopic (exact) mass is 399 g/mol. The van der Waals surface area contributed by atoms with E-state index in [1.54, 1.807) is 30.3 Å². The van der Waals surface area contributed by atoms with Crippen molar-refractivity contribution in [3.05, 3.63) is 58.1 Å². The Bertz CT molecular complexity index is 848. The molecule has 1 saturated heterocycles. The molecule has 0 aromatic heterocycles. The van der Waals surface area contributed by atoms with Gasteiger partial charge in [0.05, 0.1) is 36.1 Å². The highest BCUT2D eigenvalue weighted by molar-refractivity contribution is 6.06. The first-order chi connectivity index (χ1) is 14.1. The van der Waals surface area contributed by atoms with E-state index in [1.165, 1.54) is 12.1 Å². The number of carbonyl (C=O) groups excluding carboxylic acids is 1. The number of ether oxygens (including phenoxy) is 2. The molecular formula is C21H25N3O5. The standard InChI is InChI=1S/C21H25N3O5/c1-2-3-12-29-18-7-4-16(5-8-18)21(25)22-19-9-6-17(24(26)27)15-20(19)23-10-13-28-14-11-23/h4-9,15H,2-3,10-14H2,1H3,(H,22,25). The number of non-ortho nitro benzene ring substituents is 1. The van der Waals surface area contributed by atoms with E-state index in [2.05, 4.69) is 12.2 Å². The molecule has 0 spiro atoms. The molecule has 0 atom stereocenters. The van der Waals surface area contributed by atoms with Gasteiger partial charge in [-0.1, -0.05) is 13.3 Å². The number of nitro groups is 1. The van der Waals surface area contributed by atoms with Crippen LogP contribution in [0.5, 0.6) is 5.75 Å². The van der Waals surface area contributed by atoms with E-state index < -0.39 is 4.92 Å². The van der Waals surface area contributed by atoms with Crippen LogP contribution in [-0.2, 0) is 4.74 Å². The van der Waals surface area contributed by atoms with Gasteiger partial charge in [0.25, 0.3) is 11.6 Å². The molecular weight excluding hydrogens is 374 g/mol. The third-order valence-electron chi connectivity index (χ3n) is 4.68. The van der Waals surface area contributed by atoms with Crippen LogP contribution in [0.4, 0.5) is 17.1 Å². The second-order valence-corrected chi connectivity index (χ2v) is 6.74. The highest BCUT2D eigenvalue weighted by Crippen LogP contribution is 2.31. The van der Waals surface area contributed by atoms with E-state index >= 15 is 0 Å². The van der Waals surface area contributed by atoms with Crippen LogP contribution < -0.4 is 15.0 Å². The van der Waals surface area contributed by atoms with Crippen LogP contribution in [-0.4, -0.2) is 43.7 Å². The van der Waals surface area contributed by atoms with Crippen LogP contribution in [0.2, 0.25) is 0 Å². The second-order valence-electron chi connectivity index (χ2n) is 6.74. The van der Waals surface area contributed by atoms with Crippen molar-refractivity contribution in [1.29, 1.82) is 0 Å². The fraction of sp³-hybridized carbons (Fsp3) is 0.381. The van der Waals surface area contributed by atoms with Gasteiger partial charge in [-0.05, 0) is 36.8 Å². The van der Waals surface area contributed by atoms with Gasteiger partial charge in [-0.3, -0.25) is 14.9 Å². The van der Waals surface area contributed by atoms with E-state index in [4.69, 9.17) is 9.47 Å². The summed E-state index contributed by atoms with van der Waals surface area (Å²) in [6.45, 7) is 5.03. The zero-order valence-corrected chi connectivity index (χ0v) is 16.4. The van der Waals surface area contributed by atoms with Crippen LogP contribution in [0.25, 0.3) is 0 Å². The molecule has 0 bridgehead atoms. The number of rotatable bonds is 8. The van der Waals surface area contributed by atoms with Gasteiger partial charge in [0, 0.05) is 30.8 Å². The van der Waals surface area contributed by atoms with E-state index in [1.807, 2.05) is 4.90 Å². The summed E-state index contributed by atoms with van der Waals surface area (Å²) in [5.41, 5.74) is 1.62. The average Bonchev–Trinajstić information content (AvgIpc) is 2.75. The first-order valence-electron chi connectivity index (χ1n) is 9.74. The number of nitrogens with one attached hydrogen (secondary N) is 1. The number of hydrogen-bond donors (Lipinski definition) is 1. The molecule has 3 rings (SSSR count). The zero-order valence-electron chi connectivity index (χ0n) is 16.4. The summed E-state index contributed by atoms with van der Waals surface area (Å²) < 4.78 is 11.0. The molecule has 1 fully saturated rings. The highest BCUT2D eigenvalue weighted by atomic mass is 16.6. The average molecular weight is 399 g/mol. The predicted molar refractivity (Wildman–Crippen MR) is 111 cm³/mol. The fourth-order valence-electron chi connectivity index (χ4n) is 3.04. The van der Waals surface area contributed by atoms with Crippen molar-refractivity contribution in [3.63, 3.8) is 0 Å². The molecule has 1 aliphatic heterocycles. The smallest absolute Gasteiger partial charge is 0.271 e. The Morgan fingerprint density at radius 3 is 2.59 bits per heavy atom. The third kappa shape index (κ3) is 5.45. The first kappa shape index (κ1) is 20.6. The van der Waals surface area contributed by atoms with Gasteiger partial charge < -0.3 is 19.7 Å². The number of hydrogen-bond acceptors (Lipinski definition) is 6. The Morgan fingerprint density at radius 1 is 1.21 bits per heavy atom. The lowest BCUT2D eigenvalue weighted by Crippen LogP contribution is -2.36. The zero-order chi connectivity index (χ0) is 20.6. The van der Waals surface area contributed by atoms with Crippen molar-refractivity contribution in [1.82, 2.24) is 0 Å². The van der Waals surface area contributed by atoms with Crippen molar-refractivity contribution in [3.8, 4) is 5.75 Å². The molecule has 0 unspecified atom stereocenters. The second kappa shape index (κ2) is 9.88. The van der Waals surface area contributed by atoms with Crippen LogP contribution in [0.15, 0.2) is 42.5 Å². The Morgan fingerprint density at radius 2 is 1.93 bits per heavy atom. The minimum atomic E-state index is -0.438. The molecule has 0 aliphatic carbocycles. The normalized spacial score (nSPS) is 13.8. The Hall–Kier alpha value is -3.13. The molecule has 0 radical (unpaired) electrons. The van der Waals surface area contributed by atoms with Crippen LogP contribution in [0.3, 0.4) is 0 Å². The number of unbranched alkanes of at least 4 members (excludes halogenated alkanes) is 1. The Kier molecular flexibility index (Phi) is 7.02. The molecule has 8 heteroatoms. The minimum absolute atomic E-state index is 0.0157. The third-order valence-corrected chi connectivity index (χ3v) is 4.68. The molecule has 1 amide bonds. The van der Waals surface area contributed by atoms with Crippen LogP contribution in [0, 0.1) is 10.1 Å². The van der Waals surface area contributed by atoms with Crippen LogP contribution in [0.1, 0.15) is 30.1 Å². The Balaban J connectivity index is 1.76. The Labute approximate surface area is 169 Å². The maximum Gasteiger partial charge on any atom is 0.271 e. The number of benzene rings is 2. The maximum atomic E-state index is 12.7. The number of amides is 1. The molecule has 1 heterocycles. The summed E-state index contributed by atoms with van der Waals surface area (Å²) in [4.78, 5) is 25.4. The quantitative estimate of drug-likeness (QED) is 0.411. The number of nitro benzene ring substituents is 1. The molecule has 2 aromatic carbocycles. The van der Waals surface area contributed by atoms with Gasteiger partial charge in [-0.15, -0.1) is 0 Å². The van der Waals surface area contributed by atoms with E-state index in [-0.39, 0.29) is 11.6 Å². The van der Waals surface area contributed by atoms with Crippen molar-refractivity contribution in [2.45, 2.75) is 19.8 Å². The lowest BCUT2D eigenvalue weighted by atomic mass is 10.1. The summed E-state index contributed by atoms with van der Waals surface area (Å²) in [7, 11) is 0. The van der Waals surface area contributed by atoms with Gasteiger partial charge in [0.2, 0.25) is 0 Å². The molecule has 1 aliphatic rings. The van der Waals surface area contributed by atoms with E-state index in [9.17, 15) is 14.9 Å². The van der Waals surface area contributed by atoms with Crippen molar-refractivity contribution >= 4 is 23.0 Å². The van der Waals surface area contributed by atoms with E-state index in [0.29, 0.717) is 49.8 Å². The SMILES string of the molecule is CCCCOc1ccc(C(=O)Nc2ccc([N+](=O)[O-])cc2N2CCOCC2)cc1. The van der Waals surface area contributed by atoms with Gasteiger partial charge in [-0.25, -0.2) is 0 Å². The number of nitrogens with zero attached hydrogens (tertiary/aromatic N) is 2. The van der Waals surface area contributed by atoms with E-state index in [0.717, 1.165) is 18.6 Å². The van der Waals surface area contributed by atoms with Crippen molar-refractivity contribution in [2.24, 2.45) is 0 Å². The molecule has 2 aromatic rings. The number of carbonyl (C=O) groups is 1. The first-order valence-corrected chi connectivity index (χ1v) is 9.74. The van der Waals surface area contributed by atoms with Crippen molar-refractivity contribution < 1.29 is 19.2 Å². The van der Waals surface area contributed by atoms with Crippen LogP contribution >= 0.6 is 0 Å². The van der Waals surface area contributed by atoms with Gasteiger partial charge in [0.1, 0.15) is 5.75 Å². The maximum absolute atomic E-state index is 12.7. The summed E-state index contributed by atoms with van der Waals surface area (Å²) in [5.74, 6) is 0.438. The fourth-order valence-corrected chi connectivity index (χ4v) is 3.04. The minimum Gasteiger partial charge on any atom is -0.494 e. The highest BCUT2D eigenvalue weighted by Gasteiger charge is 2.20. The molecule has 29 heavy (non-hydrogen) atoms. The topological polar surface area (TPSA) is 93.9 Å². The lowest BCUT2D eigenvalue weighted by Gasteiger charge is -2.30.